The molecule has 0 aromatic heterocycles. The summed E-state index contributed by atoms with van der Waals surface area (Å²) in [6, 6.07) is 2.33. The zero-order chi connectivity index (χ0) is 14.5. The maximum atomic E-state index is 14.3. The van der Waals surface area contributed by atoms with Crippen LogP contribution in [0, 0.1) is 11.6 Å². The van der Waals surface area contributed by atoms with E-state index in [-0.39, 0.29) is 17.4 Å². The van der Waals surface area contributed by atoms with E-state index in [0.29, 0.717) is 0 Å². The number of rotatable bonds is 5. The highest BCUT2D eigenvalue weighted by molar-refractivity contribution is 5.32. The lowest BCUT2D eigenvalue weighted by Gasteiger charge is -2.35. The molecule has 20 heavy (non-hydrogen) atoms. The summed E-state index contributed by atoms with van der Waals surface area (Å²) < 4.78 is 33.4. The first-order valence-electron chi connectivity index (χ1n) is 7.15. The highest BCUT2D eigenvalue weighted by atomic mass is 19.1. The van der Waals surface area contributed by atoms with Gasteiger partial charge in [0.2, 0.25) is 0 Å². The SMILES string of the molecule is CCC[C@H](c1c(F)cc(OC)cc1F)N1CCNCC1. The average Bonchev–Trinajstić information content (AvgIpc) is 2.46. The molecular formula is C15H22F2N2O. The van der Waals surface area contributed by atoms with Gasteiger partial charge in [-0.05, 0) is 6.42 Å². The van der Waals surface area contributed by atoms with Gasteiger partial charge < -0.3 is 10.1 Å². The van der Waals surface area contributed by atoms with Crippen molar-refractivity contribution in [3.63, 3.8) is 0 Å². The number of ether oxygens (including phenoxy) is 1. The second-order valence-corrected chi connectivity index (χ2v) is 5.10. The monoisotopic (exact) mass is 284 g/mol. The quantitative estimate of drug-likeness (QED) is 0.900. The Morgan fingerprint density at radius 1 is 1.25 bits per heavy atom. The number of hydrogen-bond donors (Lipinski definition) is 1. The van der Waals surface area contributed by atoms with Gasteiger partial charge in [-0.1, -0.05) is 13.3 Å². The summed E-state index contributed by atoms with van der Waals surface area (Å²) in [7, 11) is 1.41. The van der Waals surface area contributed by atoms with E-state index in [1.165, 1.54) is 19.2 Å². The molecule has 1 aromatic carbocycles. The van der Waals surface area contributed by atoms with Crippen LogP contribution in [0.15, 0.2) is 12.1 Å². The Balaban J connectivity index is 2.33. The Bertz CT molecular complexity index is 424. The van der Waals surface area contributed by atoms with Gasteiger partial charge in [0.15, 0.2) is 0 Å². The molecule has 1 aromatic rings. The number of halogens is 2. The van der Waals surface area contributed by atoms with Gasteiger partial charge in [0.05, 0.1) is 7.11 Å². The predicted octanol–water partition coefficient (Wildman–Crippen LogP) is 2.72. The molecule has 0 saturated carbocycles. The lowest BCUT2D eigenvalue weighted by molar-refractivity contribution is 0.158. The fraction of sp³-hybridized carbons (Fsp3) is 0.600. The lowest BCUT2D eigenvalue weighted by Crippen LogP contribution is -2.45. The Kier molecular flexibility index (Phi) is 5.31. The van der Waals surface area contributed by atoms with Gasteiger partial charge in [-0.3, -0.25) is 4.90 Å². The summed E-state index contributed by atoms with van der Waals surface area (Å²) in [6.45, 7) is 5.39. The van der Waals surface area contributed by atoms with E-state index in [1.807, 2.05) is 6.92 Å². The maximum Gasteiger partial charge on any atom is 0.134 e. The van der Waals surface area contributed by atoms with Crippen LogP contribution in [0.3, 0.4) is 0 Å². The van der Waals surface area contributed by atoms with Crippen molar-refractivity contribution in [2.24, 2.45) is 0 Å². The molecule has 1 saturated heterocycles. The van der Waals surface area contributed by atoms with Crippen molar-refractivity contribution in [1.82, 2.24) is 10.2 Å². The first-order valence-corrected chi connectivity index (χ1v) is 7.15. The van der Waals surface area contributed by atoms with Crippen LogP contribution in [0.25, 0.3) is 0 Å². The van der Waals surface area contributed by atoms with E-state index in [2.05, 4.69) is 10.2 Å². The van der Waals surface area contributed by atoms with Crippen LogP contribution in [-0.4, -0.2) is 38.2 Å². The van der Waals surface area contributed by atoms with Gasteiger partial charge in [0.25, 0.3) is 0 Å². The summed E-state index contributed by atoms with van der Waals surface area (Å²) in [5.74, 6) is -0.808. The third kappa shape index (κ3) is 3.27. The molecule has 1 fully saturated rings. The van der Waals surface area contributed by atoms with Crippen LogP contribution in [0.5, 0.6) is 5.75 Å². The summed E-state index contributed by atoms with van der Waals surface area (Å²) in [5.41, 5.74) is 0.176. The smallest absolute Gasteiger partial charge is 0.134 e. The summed E-state index contributed by atoms with van der Waals surface area (Å²) in [5, 5.41) is 3.26. The second-order valence-electron chi connectivity index (χ2n) is 5.10. The van der Waals surface area contributed by atoms with Gasteiger partial charge in [-0.25, -0.2) is 8.78 Å². The zero-order valence-corrected chi connectivity index (χ0v) is 12.1. The standard InChI is InChI=1S/C15H22F2N2O/c1-3-4-14(19-7-5-18-6-8-19)15-12(16)9-11(20-2)10-13(15)17/h9-10,14,18H,3-8H2,1-2H3/t14-/m1/s1. The molecule has 0 amide bonds. The Morgan fingerprint density at radius 3 is 2.35 bits per heavy atom. The molecule has 5 heteroatoms. The largest absolute Gasteiger partial charge is 0.497 e. The molecule has 1 aliphatic heterocycles. The predicted molar refractivity (Wildman–Crippen MR) is 75.0 cm³/mol. The van der Waals surface area contributed by atoms with Crippen LogP contribution in [-0.2, 0) is 0 Å². The minimum Gasteiger partial charge on any atom is -0.497 e. The maximum absolute atomic E-state index is 14.3. The number of hydrogen-bond acceptors (Lipinski definition) is 3. The average molecular weight is 284 g/mol. The third-order valence-electron chi connectivity index (χ3n) is 3.78. The molecular weight excluding hydrogens is 262 g/mol. The highest BCUT2D eigenvalue weighted by Crippen LogP contribution is 2.32. The zero-order valence-electron chi connectivity index (χ0n) is 12.1. The first kappa shape index (κ1) is 15.2. The number of methoxy groups -OCH3 is 1. The number of piperazine rings is 1. The van der Waals surface area contributed by atoms with Crippen molar-refractivity contribution in [1.29, 1.82) is 0 Å². The Labute approximate surface area is 118 Å². The van der Waals surface area contributed by atoms with Crippen molar-refractivity contribution in [2.75, 3.05) is 33.3 Å². The molecule has 112 valence electrons. The highest BCUT2D eigenvalue weighted by Gasteiger charge is 2.27. The van der Waals surface area contributed by atoms with Gasteiger partial charge >= 0.3 is 0 Å². The Hall–Kier alpha value is -1.20. The number of nitrogens with zero attached hydrogens (tertiary/aromatic N) is 1. The van der Waals surface area contributed by atoms with E-state index in [4.69, 9.17) is 4.74 Å². The van der Waals surface area contributed by atoms with Gasteiger partial charge in [0, 0.05) is 49.9 Å². The molecule has 0 spiro atoms. The van der Waals surface area contributed by atoms with Crippen molar-refractivity contribution >= 4 is 0 Å². The molecule has 0 radical (unpaired) electrons. The summed E-state index contributed by atoms with van der Waals surface area (Å²) in [6.07, 6.45) is 1.64. The molecule has 1 atom stereocenters. The summed E-state index contributed by atoms with van der Waals surface area (Å²) in [4.78, 5) is 2.16. The third-order valence-corrected chi connectivity index (χ3v) is 3.78. The van der Waals surface area contributed by atoms with Crippen molar-refractivity contribution in [3.8, 4) is 5.75 Å². The van der Waals surface area contributed by atoms with E-state index in [9.17, 15) is 8.78 Å². The molecule has 0 unspecified atom stereocenters. The minimum atomic E-state index is -0.515. The molecule has 3 nitrogen and oxygen atoms in total. The molecule has 1 heterocycles. The molecule has 1 aliphatic rings. The first-order chi connectivity index (χ1) is 9.67. The van der Waals surface area contributed by atoms with Crippen LogP contribution in [0.2, 0.25) is 0 Å². The number of benzene rings is 1. The van der Waals surface area contributed by atoms with Gasteiger partial charge in [0.1, 0.15) is 17.4 Å². The van der Waals surface area contributed by atoms with E-state index >= 15 is 0 Å². The van der Waals surface area contributed by atoms with Crippen molar-refractivity contribution < 1.29 is 13.5 Å². The molecule has 0 aliphatic carbocycles. The van der Waals surface area contributed by atoms with Crippen molar-refractivity contribution in [2.45, 2.75) is 25.8 Å². The van der Waals surface area contributed by atoms with E-state index in [1.54, 1.807) is 0 Å². The van der Waals surface area contributed by atoms with Crippen LogP contribution in [0.1, 0.15) is 31.4 Å². The van der Waals surface area contributed by atoms with Gasteiger partial charge in [-0.2, -0.15) is 0 Å². The second kappa shape index (κ2) is 6.99. The van der Waals surface area contributed by atoms with Gasteiger partial charge in [-0.15, -0.1) is 0 Å². The van der Waals surface area contributed by atoms with Crippen molar-refractivity contribution in [3.05, 3.63) is 29.3 Å². The topological polar surface area (TPSA) is 24.5 Å². The van der Waals surface area contributed by atoms with Crippen LogP contribution >= 0.6 is 0 Å². The van der Waals surface area contributed by atoms with E-state index < -0.39 is 11.6 Å². The van der Waals surface area contributed by atoms with Crippen LogP contribution < -0.4 is 10.1 Å². The normalized spacial score (nSPS) is 18.0. The number of nitrogens with one attached hydrogen (secondary N) is 1. The fourth-order valence-electron chi connectivity index (χ4n) is 2.77. The summed E-state index contributed by atoms with van der Waals surface area (Å²) >= 11 is 0. The molecule has 2 rings (SSSR count). The molecule has 0 bridgehead atoms. The molecule has 1 N–H and O–H groups in total. The van der Waals surface area contributed by atoms with E-state index in [0.717, 1.165) is 39.0 Å². The lowest BCUT2D eigenvalue weighted by atomic mass is 9.98. The minimum absolute atomic E-state index is 0.176. The Morgan fingerprint density at radius 2 is 1.85 bits per heavy atom. The fourth-order valence-corrected chi connectivity index (χ4v) is 2.77. The van der Waals surface area contributed by atoms with Crippen LogP contribution in [0.4, 0.5) is 8.78 Å².